The van der Waals surface area contributed by atoms with Crippen LogP contribution in [0.4, 0.5) is 0 Å². The first kappa shape index (κ1) is 12.3. The number of unbranched alkanes of at least 4 members (excludes halogenated alkanes) is 1. The van der Waals surface area contributed by atoms with Gasteiger partial charge in [0.15, 0.2) is 0 Å². The summed E-state index contributed by atoms with van der Waals surface area (Å²) < 4.78 is 0. The minimum Gasteiger partial charge on any atom is -0.0651 e. The Morgan fingerprint density at radius 1 is 1.20 bits per heavy atom. The summed E-state index contributed by atoms with van der Waals surface area (Å²) in [5.41, 5.74) is 2.88. The van der Waals surface area contributed by atoms with Crippen LogP contribution >= 0.6 is 0 Å². The van der Waals surface area contributed by atoms with Crippen molar-refractivity contribution in [3.8, 4) is 0 Å². The molecule has 15 heavy (non-hydrogen) atoms. The van der Waals surface area contributed by atoms with Crippen molar-refractivity contribution in [1.29, 1.82) is 0 Å². The van der Waals surface area contributed by atoms with Gasteiger partial charge in [-0.05, 0) is 31.2 Å². The summed E-state index contributed by atoms with van der Waals surface area (Å²) in [6.45, 7) is 6.81. The molecule has 1 rings (SSSR count). The Hall–Kier alpha value is -0.780. The van der Waals surface area contributed by atoms with E-state index in [9.17, 15) is 0 Å². The van der Waals surface area contributed by atoms with Crippen molar-refractivity contribution in [3.63, 3.8) is 0 Å². The molecule has 0 amide bonds. The monoisotopic (exact) mass is 204 g/mol. The first-order valence-corrected chi connectivity index (χ1v) is 6.28. The Morgan fingerprint density at radius 3 is 2.67 bits per heavy atom. The summed E-state index contributed by atoms with van der Waals surface area (Å²) in [5, 5.41) is 0. The molecule has 1 atom stereocenters. The predicted molar refractivity (Wildman–Crippen MR) is 68.2 cm³/mol. The van der Waals surface area contributed by atoms with Gasteiger partial charge in [0.25, 0.3) is 0 Å². The number of benzene rings is 1. The maximum absolute atomic E-state index is 2.35. The van der Waals surface area contributed by atoms with Crippen molar-refractivity contribution < 1.29 is 0 Å². The topological polar surface area (TPSA) is 0 Å². The standard InChI is InChI=1S/C15H24/c1-4-13(2)8-5-6-10-15-11-7-9-14(3)12-15/h7,9,11-13H,4-6,8,10H2,1-3H3. The van der Waals surface area contributed by atoms with Gasteiger partial charge in [-0.15, -0.1) is 0 Å². The van der Waals surface area contributed by atoms with E-state index >= 15 is 0 Å². The number of hydrogen-bond acceptors (Lipinski definition) is 0. The highest BCUT2D eigenvalue weighted by Crippen LogP contribution is 2.14. The van der Waals surface area contributed by atoms with E-state index in [1.54, 1.807) is 0 Å². The first-order valence-electron chi connectivity index (χ1n) is 6.28. The Morgan fingerprint density at radius 2 is 2.00 bits per heavy atom. The highest BCUT2D eigenvalue weighted by atomic mass is 14.0. The minimum absolute atomic E-state index is 0.905. The van der Waals surface area contributed by atoms with E-state index in [0.29, 0.717) is 0 Å². The molecule has 0 aliphatic carbocycles. The maximum Gasteiger partial charge on any atom is -0.0279 e. The summed E-state index contributed by atoms with van der Waals surface area (Å²) in [6, 6.07) is 8.89. The summed E-state index contributed by atoms with van der Waals surface area (Å²) in [4.78, 5) is 0. The normalized spacial score (nSPS) is 12.7. The van der Waals surface area contributed by atoms with Crippen LogP contribution in [0.15, 0.2) is 24.3 Å². The van der Waals surface area contributed by atoms with E-state index < -0.39 is 0 Å². The van der Waals surface area contributed by atoms with Crippen molar-refractivity contribution in [1.82, 2.24) is 0 Å². The van der Waals surface area contributed by atoms with Crippen LogP contribution in [0.3, 0.4) is 0 Å². The molecule has 84 valence electrons. The van der Waals surface area contributed by atoms with Crippen molar-refractivity contribution in [3.05, 3.63) is 35.4 Å². The molecule has 0 aliphatic rings. The van der Waals surface area contributed by atoms with Crippen LogP contribution in [0.5, 0.6) is 0 Å². The largest absolute Gasteiger partial charge is 0.0651 e. The molecule has 0 nitrogen and oxygen atoms in total. The second kappa shape index (κ2) is 6.66. The zero-order valence-electron chi connectivity index (χ0n) is 10.4. The molecule has 0 N–H and O–H groups in total. The van der Waals surface area contributed by atoms with Gasteiger partial charge in [-0.25, -0.2) is 0 Å². The Bertz CT molecular complexity index is 275. The van der Waals surface area contributed by atoms with E-state index in [0.717, 1.165) is 5.92 Å². The van der Waals surface area contributed by atoms with Gasteiger partial charge >= 0.3 is 0 Å². The molecule has 0 aliphatic heterocycles. The highest BCUT2D eigenvalue weighted by Gasteiger charge is 1.99. The fourth-order valence-electron chi connectivity index (χ4n) is 1.89. The fourth-order valence-corrected chi connectivity index (χ4v) is 1.89. The maximum atomic E-state index is 2.35. The number of aryl methyl sites for hydroxylation is 2. The smallest absolute Gasteiger partial charge is 0.0279 e. The molecule has 1 aromatic carbocycles. The quantitative estimate of drug-likeness (QED) is 0.586. The average Bonchev–Trinajstić information content (AvgIpc) is 2.24. The van der Waals surface area contributed by atoms with Crippen LogP contribution < -0.4 is 0 Å². The average molecular weight is 204 g/mol. The van der Waals surface area contributed by atoms with Gasteiger partial charge < -0.3 is 0 Å². The molecule has 0 saturated heterocycles. The molecule has 1 aromatic rings. The summed E-state index contributed by atoms with van der Waals surface area (Å²) >= 11 is 0. The van der Waals surface area contributed by atoms with Gasteiger partial charge in [0.1, 0.15) is 0 Å². The lowest BCUT2D eigenvalue weighted by atomic mass is 9.99. The Kier molecular flexibility index (Phi) is 5.45. The minimum atomic E-state index is 0.905. The van der Waals surface area contributed by atoms with Gasteiger partial charge in [-0.2, -0.15) is 0 Å². The van der Waals surface area contributed by atoms with Crippen molar-refractivity contribution in [2.75, 3.05) is 0 Å². The van der Waals surface area contributed by atoms with Gasteiger partial charge in [0, 0.05) is 0 Å². The van der Waals surface area contributed by atoms with Crippen LogP contribution in [0.25, 0.3) is 0 Å². The second-order valence-corrected chi connectivity index (χ2v) is 4.75. The predicted octanol–water partition coefficient (Wildman–Crippen LogP) is 4.75. The molecule has 1 unspecified atom stereocenters. The van der Waals surface area contributed by atoms with E-state index in [1.807, 2.05) is 0 Å². The Balaban J connectivity index is 2.20. The van der Waals surface area contributed by atoms with Crippen LogP contribution in [0, 0.1) is 12.8 Å². The molecule has 0 heterocycles. The SMILES string of the molecule is CCC(C)CCCCc1cccc(C)c1. The summed E-state index contributed by atoms with van der Waals surface area (Å²) in [6.07, 6.45) is 6.68. The molecule has 0 spiro atoms. The second-order valence-electron chi connectivity index (χ2n) is 4.75. The molecule has 0 bridgehead atoms. The van der Waals surface area contributed by atoms with Crippen LogP contribution in [-0.4, -0.2) is 0 Å². The third-order valence-electron chi connectivity index (χ3n) is 3.19. The van der Waals surface area contributed by atoms with Gasteiger partial charge in [0.2, 0.25) is 0 Å². The number of hydrogen-bond donors (Lipinski definition) is 0. The summed E-state index contributed by atoms with van der Waals surface area (Å²) in [7, 11) is 0. The molecule has 0 aromatic heterocycles. The van der Waals surface area contributed by atoms with Crippen LogP contribution in [-0.2, 0) is 6.42 Å². The molecule has 0 saturated carbocycles. The van der Waals surface area contributed by atoms with E-state index in [1.165, 1.54) is 43.2 Å². The lowest BCUT2D eigenvalue weighted by Crippen LogP contribution is -1.93. The van der Waals surface area contributed by atoms with Crippen molar-refractivity contribution in [2.24, 2.45) is 5.92 Å². The van der Waals surface area contributed by atoms with Gasteiger partial charge in [0.05, 0.1) is 0 Å². The lowest BCUT2D eigenvalue weighted by Gasteiger charge is -2.07. The van der Waals surface area contributed by atoms with Crippen molar-refractivity contribution >= 4 is 0 Å². The third-order valence-corrected chi connectivity index (χ3v) is 3.19. The van der Waals surface area contributed by atoms with Gasteiger partial charge in [-0.1, -0.05) is 62.9 Å². The Labute approximate surface area is 94.7 Å². The molecule has 0 heteroatoms. The van der Waals surface area contributed by atoms with E-state index in [2.05, 4.69) is 45.0 Å². The zero-order valence-corrected chi connectivity index (χ0v) is 10.4. The summed E-state index contributed by atoms with van der Waals surface area (Å²) in [5.74, 6) is 0.905. The molecule has 0 fully saturated rings. The number of rotatable bonds is 6. The third kappa shape index (κ3) is 5.01. The van der Waals surface area contributed by atoms with Gasteiger partial charge in [-0.3, -0.25) is 0 Å². The molecular formula is C15H24. The van der Waals surface area contributed by atoms with E-state index in [4.69, 9.17) is 0 Å². The highest BCUT2D eigenvalue weighted by molar-refractivity contribution is 5.22. The van der Waals surface area contributed by atoms with Crippen molar-refractivity contribution in [2.45, 2.75) is 52.9 Å². The lowest BCUT2D eigenvalue weighted by molar-refractivity contribution is 0.484. The van der Waals surface area contributed by atoms with Crippen LogP contribution in [0.1, 0.15) is 50.7 Å². The fraction of sp³-hybridized carbons (Fsp3) is 0.600. The molecular weight excluding hydrogens is 180 g/mol. The molecule has 0 radical (unpaired) electrons. The van der Waals surface area contributed by atoms with Crippen LogP contribution in [0.2, 0.25) is 0 Å². The first-order chi connectivity index (χ1) is 7.22. The van der Waals surface area contributed by atoms with E-state index in [-0.39, 0.29) is 0 Å². The zero-order chi connectivity index (χ0) is 11.1.